The van der Waals surface area contributed by atoms with Gasteiger partial charge in [0, 0.05) is 18.3 Å². The van der Waals surface area contributed by atoms with Gasteiger partial charge in [-0.2, -0.15) is 0 Å². The van der Waals surface area contributed by atoms with Gasteiger partial charge in [-0.1, -0.05) is 0 Å². The zero-order valence-corrected chi connectivity index (χ0v) is 9.17. The first kappa shape index (κ1) is 10.8. The van der Waals surface area contributed by atoms with Gasteiger partial charge in [-0.05, 0) is 31.5 Å². The Hall–Kier alpha value is -1.71. The lowest BCUT2D eigenvalue weighted by Gasteiger charge is -2.06. The van der Waals surface area contributed by atoms with Crippen molar-refractivity contribution in [1.82, 2.24) is 9.55 Å². The molecule has 0 bridgehead atoms. The van der Waals surface area contributed by atoms with E-state index in [0.717, 1.165) is 17.5 Å². The van der Waals surface area contributed by atoms with Crippen molar-refractivity contribution in [2.75, 3.05) is 0 Å². The summed E-state index contributed by atoms with van der Waals surface area (Å²) in [6, 6.07) is 3.53. The Kier molecular flexibility index (Phi) is 2.73. The molecule has 2 nitrogen and oxygen atoms in total. The highest BCUT2D eigenvalue weighted by Gasteiger charge is 2.05. The molecule has 1 aromatic heterocycles. The van der Waals surface area contributed by atoms with Crippen LogP contribution in [-0.4, -0.2) is 9.55 Å². The molecule has 0 unspecified atom stereocenters. The molecule has 4 heteroatoms. The lowest BCUT2D eigenvalue weighted by atomic mass is 10.2. The molecule has 2 aromatic rings. The molecule has 0 saturated carbocycles. The number of halogens is 2. The van der Waals surface area contributed by atoms with E-state index in [1.54, 1.807) is 6.33 Å². The van der Waals surface area contributed by atoms with E-state index in [2.05, 4.69) is 4.98 Å². The first-order valence-corrected chi connectivity index (χ1v) is 4.99. The van der Waals surface area contributed by atoms with E-state index in [1.807, 2.05) is 18.4 Å². The zero-order chi connectivity index (χ0) is 11.7. The third-order valence-electron chi connectivity index (χ3n) is 2.62. The monoisotopic (exact) mass is 222 g/mol. The highest BCUT2D eigenvalue weighted by Crippen LogP contribution is 2.12. The Labute approximate surface area is 92.6 Å². The van der Waals surface area contributed by atoms with Crippen molar-refractivity contribution in [1.29, 1.82) is 0 Å². The van der Waals surface area contributed by atoms with Crippen LogP contribution in [0.25, 0.3) is 0 Å². The van der Waals surface area contributed by atoms with Gasteiger partial charge >= 0.3 is 0 Å². The molecule has 0 radical (unpaired) electrons. The van der Waals surface area contributed by atoms with Gasteiger partial charge in [0.1, 0.15) is 11.6 Å². The second-order valence-electron chi connectivity index (χ2n) is 3.82. The largest absolute Gasteiger partial charge is 0.330 e. The van der Waals surface area contributed by atoms with Crippen molar-refractivity contribution in [3.8, 4) is 0 Å². The van der Waals surface area contributed by atoms with E-state index in [9.17, 15) is 8.78 Å². The predicted octanol–water partition coefficient (Wildman–Crippen LogP) is 2.83. The summed E-state index contributed by atoms with van der Waals surface area (Å²) in [5, 5.41) is 0. The van der Waals surface area contributed by atoms with Gasteiger partial charge in [0.15, 0.2) is 0 Å². The summed E-state index contributed by atoms with van der Waals surface area (Å²) in [6.45, 7) is 4.26. The molecular formula is C12H12F2N2. The van der Waals surface area contributed by atoms with Gasteiger partial charge in [-0.25, -0.2) is 13.8 Å². The van der Waals surface area contributed by atoms with Crippen molar-refractivity contribution in [2.24, 2.45) is 0 Å². The minimum atomic E-state index is -0.551. The number of nitrogens with zero attached hydrogens (tertiary/aromatic N) is 2. The molecule has 84 valence electrons. The molecule has 0 N–H and O–H groups in total. The second-order valence-corrected chi connectivity index (χ2v) is 3.82. The van der Waals surface area contributed by atoms with E-state index >= 15 is 0 Å². The molecule has 0 amide bonds. The van der Waals surface area contributed by atoms with E-state index in [-0.39, 0.29) is 0 Å². The Morgan fingerprint density at radius 3 is 2.25 bits per heavy atom. The molecular weight excluding hydrogens is 210 g/mol. The number of hydrogen-bond acceptors (Lipinski definition) is 1. The van der Waals surface area contributed by atoms with Crippen molar-refractivity contribution in [2.45, 2.75) is 20.4 Å². The lowest BCUT2D eigenvalue weighted by Crippen LogP contribution is -2.01. The van der Waals surface area contributed by atoms with Crippen molar-refractivity contribution < 1.29 is 8.78 Å². The second kappa shape index (κ2) is 4.04. The Morgan fingerprint density at radius 2 is 1.75 bits per heavy atom. The topological polar surface area (TPSA) is 17.8 Å². The minimum absolute atomic E-state index is 0.432. The Bertz CT molecular complexity index is 497. The van der Waals surface area contributed by atoms with Crippen molar-refractivity contribution in [3.63, 3.8) is 0 Å². The summed E-state index contributed by atoms with van der Waals surface area (Å²) >= 11 is 0. The fourth-order valence-electron chi connectivity index (χ4n) is 1.60. The average Bonchev–Trinajstić information content (AvgIpc) is 2.48. The molecule has 0 aliphatic carbocycles. The Morgan fingerprint density at radius 1 is 1.12 bits per heavy atom. The highest BCUT2D eigenvalue weighted by atomic mass is 19.1. The van der Waals surface area contributed by atoms with Crippen molar-refractivity contribution >= 4 is 0 Å². The molecule has 0 aliphatic heterocycles. The van der Waals surface area contributed by atoms with Gasteiger partial charge < -0.3 is 4.57 Å². The zero-order valence-electron chi connectivity index (χ0n) is 9.17. The van der Waals surface area contributed by atoms with Gasteiger partial charge in [-0.15, -0.1) is 0 Å². The molecule has 0 aliphatic rings. The quantitative estimate of drug-likeness (QED) is 0.764. The number of aromatic nitrogens is 2. The van der Waals surface area contributed by atoms with Crippen LogP contribution in [0, 0.1) is 25.5 Å². The maximum atomic E-state index is 13.0. The van der Waals surface area contributed by atoms with Gasteiger partial charge in [0.05, 0.1) is 12.0 Å². The van der Waals surface area contributed by atoms with Crippen LogP contribution in [-0.2, 0) is 6.54 Å². The highest BCUT2D eigenvalue weighted by molar-refractivity contribution is 5.20. The molecule has 0 saturated heterocycles. The summed E-state index contributed by atoms with van der Waals surface area (Å²) in [7, 11) is 0. The van der Waals surface area contributed by atoms with Gasteiger partial charge in [0.2, 0.25) is 0 Å². The van der Waals surface area contributed by atoms with E-state index in [1.165, 1.54) is 12.1 Å². The first-order valence-electron chi connectivity index (χ1n) is 4.99. The van der Waals surface area contributed by atoms with Crippen LogP contribution in [0.2, 0.25) is 0 Å². The van der Waals surface area contributed by atoms with Crippen LogP contribution >= 0.6 is 0 Å². The van der Waals surface area contributed by atoms with Crippen LogP contribution in [0.4, 0.5) is 8.78 Å². The third-order valence-corrected chi connectivity index (χ3v) is 2.62. The normalized spacial score (nSPS) is 10.8. The summed E-state index contributed by atoms with van der Waals surface area (Å²) in [5.41, 5.74) is 2.53. The number of hydrogen-bond donors (Lipinski definition) is 0. The number of rotatable bonds is 2. The van der Waals surface area contributed by atoms with E-state index in [4.69, 9.17) is 0 Å². The van der Waals surface area contributed by atoms with Gasteiger partial charge in [0.25, 0.3) is 0 Å². The van der Waals surface area contributed by atoms with E-state index < -0.39 is 11.6 Å². The standard InChI is InChI=1S/C12H12F2N2/c1-8-9(2)16(7-15-8)6-10-3-11(13)5-12(14)4-10/h3-5,7H,6H2,1-2H3. The van der Waals surface area contributed by atoms with E-state index in [0.29, 0.717) is 12.1 Å². The molecule has 0 fully saturated rings. The molecule has 1 aromatic carbocycles. The lowest BCUT2D eigenvalue weighted by molar-refractivity contribution is 0.577. The maximum Gasteiger partial charge on any atom is 0.126 e. The van der Waals surface area contributed by atoms with Crippen LogP contribution in [0.3, 0.4) is 0 Å². The smallest absolute Gasteiger partial charge is 0.126 e. The molecule has 2 rings (SSSR count). The molecule has 0 atom stereocenters. The number of benzene rings is 1. The average molecular weight is 222 g/mol. The van der Waals surface area contributed by atoms with Crippen LogP contribution in [0.5, 0.6) is 0 Å². The molecule has 1 heterocycles. The van der Waals surface area contributed by atoms with Gasteiger partial charge in [-0.3, -0.25) is 0 Å². The summed E-state index contributed by atoms with van der Waals surface area (Å²) in [6.07, 6.45) is 1.67. The third kappa shape index (κ3) is 2.10. The summed E-state index contributed by atoms with van der Waals surface area (Å²) in [4.78, 5) is 4.13. The Balaban J connectivity index is 2.30. The van der Waals surface area contributed by atoms with Crippen molar-refractivity contribution in [3.05, 3.63) is 53.1 Å². The molecule has 0 spiro atoms. The van der Waals surface area contributed by atoms with Crippen LogP contribution in [0.15, 0.2) is 24.5 Å². The number of imidazole rings is 1. The fraction of sp³-hybridized carbons (Fsp3) is 0.250. The summed E-state index contributed by atoms with van der Waals surface area (Å²) in [5.74, 6) is -1.10. The fourth-order valence-corrected chi connectivity index (χ4v) is 1.60. The SMILES string of the molecule is Cc1ncn(Cc2cc(F)cc(F)c2)c1C. The molecule has 16 heavy (non-hydrogen) atoms. The predicted molar refractivity (Wildman–Crippen MR) is 57.2 cm³/mol. The van der Waals surface area contributed by atoms with Crippen LogP contribution < -0.4 is 0 Å². The summed E-state index contributed by atoms with van der Waals surface area (Å²) < 4.78 is 27.8. The van der Waals surface area contributed by atoms with Crippen LogP contribution in [0.1, 0.15) is 17.0 Å². The maximum absolute atomic E-state index is 13.0. The number of aryl methyl sites for hydroxylation is 1. The first-order chi connectivity index (χ1) is 7.56. The minimum Gasteiger partial charge on any atom is -0.330 e.